The number of hydrogen-bond donors (Lipinski definition) is 3. The number of aliphatic hydroxyl groups is 1. The van der Waals surface area contributed by atoms with E-state index in [1.165, 1.54) is 13.8 Å². The van der Waals surface area contributed by atoms with Crippen molar-refractivity contribution in [2.45, 2.75) is 78.8 Å². The second-order valence-corrected chi connectivity index (χ2v) is 9.51. The molecule has 3 atom stereocenters. The van der Waals surface area contributed by atoms with Crippen LogP contribution in [-0.2, 0) is 35.0 Å². The van der Waals surface area contributed by atoms with Crippen molar-refractivity contribution >= 4 is 23.9 Å². The third kappa shape index (κ3) is 10.0. The van der Waals surface area contributed by atoms with Crippen LogP contribution in [0.25, 0.3) is 6.08 Å². The van der Waals surface area contributed by atoms with E-state index in [0.717, 1.165) is 16.7 Å². The Balaban J connectivity index is 2.22. The first-order chi connectivity index (χ1) is 17.5. The van der Waals surface area contributed by atoms with Crippen LogP contribution in [0.5, 0.6) is 0 Å². The maximum absolute atomic E-state index is 11.5. The highest BCUT2D eigenvalue weighted by molar-refractivity contribution is 5.92. The van der Waals surface area contributed by atoms with E-state index >= 15 is 0 Å². The third-order valence-electron chi connectivity index (χ3n) is 5.96. The Morgan fingerprint density at radius 2 is 1.95 bits per heavy atom. The number of carbonyl (C=O) groups excluding carboxylic acids is 2. The predicted octanol–water partition coefficient (Wildman–Crippen LogP) is 3.80. The molecule has 0 bridgehead atoms. The van der Waals surface area contributed by atoms with Gasteiger partial charge in [0.05, 0.1) is 6.10 Å². The lowest BCUT2D eigenvalue weighted by molar-refractivity contribution is -0.205. The SMILES string of the molecule is CC(=O)OCC1CC(OC(C)=O)CC(OC(=N)/C(Cc2ccc(/C=C/CCO)cc2C)=C(\N)C(C)C)O1. The van der Waals surface area contributed by atoms with Gasteiger partial charge in [0.2, 0.25) is 12.2 Å². The average molecular weight is 517 g/mol. The van der Waals surface area contributed by atoms with E-state index in [0.29, 0.717) is 30.5 Å². The number of benzene rings is 1. The molecule has 1 saturated heterocycles. The summed E-state index contributed by atoms with van der Waals surface area (Å²) in [5.41, 5.74) is 10.6. The van der Waals surface area contributed by atoms with E-state index in [2.05, 4.69) is 0 Å². The van der Waals surface area contributed by atoms with Gasteiger partial charge in [0, 0.05) is 51.0 Å². The van der Waals surface area contributed by atoms with Gasteiger partial charge < -0.3 is 29.8 Å². The molecular weight excluding hydrogens is 476 g/mol. The number of hydrogen-bond acceptors (Lipinski definition) is 9. The van der Waals surface area contributed by atoms with Crippen molar-refractivity contribution in [1.82, 2.24) is 0 Å². The molecule has 4 N–H and O–H groups in total. The highest BCUT2D eigenvalue weighted by Gasteiger charge is 2.34. The molecule has 0 saturated carbocycles. The zero-order chi connectivity index (χ0) is 27.5. The number of carbonyl (C=O) groups is 2. The second kappa shape index (κ2) is 14.5. The molecule has 1 aliphatic heterocycles. The summed E-state index contributed by atoms with van der Waals surface area (Å²) in [7, 11) is 0. The molecule has 3 unspecified atom stereocenters. The Bertz CT molecular complexity index is 1020. The molecule has 204 valence electrons. The molecule has 1 aromatic carbocycles. The van der Waals surface area contributed by atoms with E-state index in [9.17, 15) is 9.59 Å². The van der Waals surface area contributed by atoms with Crippen molar-refractivity contribution in [3.05, 3.63) is 52.2 Å². The maximum Gasteiger partial charge on any atom is 0.302 e. The monoisotopic (exact) mass is 516 g/mol. The van der Waals surface area contributed by atoms with Crippen molar-refractivity contribution in [2.24, 2.45) is 11.7 Å². The fourth-order valence-electron chi connectivity index (χ4n) is 4.02. The summed E-state index contributed by atoms with van der Waals surface area (Å²) < 4.78 is 22.3. The first-order valence-electron chi connectivity index (χ1n) is 12.6. The number of ether oxygens (including phenoxy) is 4. The molecular formula is C28H40N2O7. The summed E-state index contributed by atoms with van der Waals surface area (Å²) in [5, 5.41) is 17.7. The van der Waals surface area contributed by atoms with Crippen molar-refractivity contribution in [3.63, 3.8) is 0 Å². The molecule has 1 fully saturated rings. The summed E-state index contributed by atoms with van der Waals surface area (Å²) in [6, 6.07) is 6.03. The Hall–Kier alpha value is -3.17. The van der Waals surface area contributed by atoms with Gasteiger partial charge in [-0.3, -0.25) is 15.0 Å². The normalized spacial score (nSPS) is 20.5. The summed E-state index contributed by atoms with van der Waals surface area (Å²) in [6.45, 7) is 8.64. The van der Waals surface area contributed by atoms with Gasteiger partial charge in [0.1, 0.15) is 12.7 Å². The highest BCUT2D eigenvalue weighted by Crippen LogP contribution is 2.26. The molecule has 1 aromatic rings. The number of nitrogens with one attached hydrogen (secondary N) is 1. The van der Waals surface area contributed by atoms with Gasteiger partial charge in [-0.2, -0.15) is 0 Å². The summed E-state index contributed by atoms with van der Waals surface area (Å²) in [6.07, 6.45) is 3.56. The molecule has 9 heteroatoms. The van der Waals surface area contributed by atoms with Crippen LogP contribution >= 0.6 is 0 Å². The maximum atomic E-state index is 11.5. The molecule has 9 nitrogen and oxygen atoms in total. The number of nitrogens with two attached hydrogens (primary N) is 1. The van der Waals surface area contributed by atoms with Crippen molar-refractivity contribution in [3.8, 4) is 0 Å². The molecule has 0 spiro atoms. The minimum Gasteiger partial charge on any atom is -0.463 e. The lowest BCUT2D eigenvalue weighted by Crippen LogP contribution is -2.42. The Morgan fingerprint density at radius 1 is 1.22 bits per heavy atom. The molecule has 0 amide bonds. The molecule has 2 rings (SSSR count). The number of aryl methyl sites for hydroxylation is 1. The van der Waals surface area contributed by atoms with Crippen LogP contribution in [0.1, 0.15) is 63.6 Å². The van der Waals surface area contributed by atoms with E-state index in [1.54, 1.807) is 0 Å². The zero-order valence-electron chi connectivity index (χ0n) is 22.4. The molecule has 0 aromatic heterocycles. The van der Waals surface area contributed by atoms with Crippen LogP contribution in [0, 0.1) is 18.3 Å². The second-order valence-electron chi connectivity index (χ2n) is 9.51. The summed E-state index contributed by atoms with van der Waals surface area (Å²) in [5.74, 6) is -1.000. The van der Waals surface area contributed by atoms with Crippen LogP contribution in [0.3, 0.4) is 0 Å². The van der Waals surface area contributed by atoms with E-state index in [4.69, 9.17) is 35.2 Å². The topological polar surface area (TPSA) is 141 Å². The highest BCUT2D eigenvalue weighted by atomic mass is 16.7. The smallest absolute Gasteiger partial charge is 0.302 e. The van der Waals surface area contributed by atoms with Crippen LogP contribution in [-0.4, -0.2) is 54.7 Å². The van der Waals surface area contributed by atoms with Crippen molar-refractivity contribution in [2.75, 3.05) is 13.2 Å². The number of rotatable bonds is 11. The fraction of sp³-hybridized carbons (Fsp3) is 0.536. The van der Waals surface area contributed by atoms with Gasteiger partial charge in [-0.15, -0.1) is 0 Å². The summed E-state index contributed by atoms with van der Waals surface area (Å²) >= 11 is 0. The minimum atomic E-state index is -0.874. The third-order valence-corrected chi connectivity index (χ3v) is 5.96. The average Bonchev–Trinajstić information content (AvgIpc) is 2.81. The fourth-order valence-corrected chi connectivity index (χ4v) is 4.02. The predicted molar refractivity (Wildman–Crippen MR) is 141 cm³/mol. The molecule has 1 aliphatic rings. The number of esters is 2. The minimum absolute atomic E-state index is 0.00455. The zero-order valence-corrected chi connectivity index (χ0v) is 22.4. The van der Waals surface area contributed by atoms with Gasteiger partial charge in [-0.05, 0) is 36.0 Å². The largest absolute Gasteiger partial charge is 0.463 e. The van der Waals surface area contributed by atoms with Gasteiger partial charge in [0.25, 0.3) is 0 Å². The summed E-state index contributed by atoms with van der Waals surface area (Å²) in [4.78, 5) is 22.8. The Kier molecular flexibility index (Phi) is 11.8. The molecule has 1 heterocycles. The Morgan fingerprint density at radius 3 is 2.54 bits per heavy atom. The standard InChI is InChI=1S/C28H40N2O7/c1-17(2)27(29)25(13-22-10-9-21(12-18(22)3)8-6-7-11-31)28(30)37-26-15-23(35-20(5)33)14-24(36-26)16-34-19(4)32/h6,8-10,12,17,23-24,26,30-31H,7,11,13-16,29H2,1-5H3/b8-6+,27-25-,30-28?. The van der Waals surface area contributed by atoms with Crippen LogP contribution in [0.2, 0.25) is 0 Å². The van der Waals surface area contributed by atoms with E-state index < -0.39 is 30.4 Å². The van der Waals surface area contributed by atoms with Gasteiger partial charge in [-0.1, -0.05) is 44.2 Å². The Labute approximate surface area is 219 Å². The first kappa shape index (κ1) is 30.1. The van der Waals surface area contributed by atoms with Gasteiger partial charge >= 0.3 is 11.9 Å². The van der Waals surface area contributed by atoms with Crippen LogP contribution in [0.4, 0.5) is 0 Å². The van der Waals surface area contributed by atoms with Gasteiger partial charge in [-0.25, -0.2) is 0 Å². The van der Waals surface area contributed by atoms with Gasteiger partial charge in [0.15, 0.2) is 0 Å². The van der Waals surface area contributed by atoms with E-state index in [1.807, 2.05) is 51.1 Å². The first-order valence-corrected chi connectivity index (χ1v) is 12.6. The molecule has 37 heavy (non-hydrogen) atoms. The molecule has 0 aliphatic carbocycles. The lowest BCUT2D eigenvalue weighted by atomic mass is 9.94. The van der Waals surface area contributed by atoms with Crippen molar-refractivity contribution < 1.29 is 33.6 Å². The quantitative estimate of drug-likeness (QED) is 0.229. The van der Waals surface area contributed by atoms with Crippen molar-refractivity contribution in [1.29, 1.82) is 5.41 Å². The number of allylic oxidation sites excluding steroid dienone is 1. The van der Waals surface area contributed by atoms with E-state index in [-0.39, 0.29) is 31.5 Å². The van der Waals surface area contributed by atoms with Crippen LogP contribution < -0.4 is 5.73 Å². The lowest BCUT2D eigenvalue weighted by Gasteiger charge is -2.34. The molecule has 0 radical (unpaired) electrons. The van der Waals surface area contributed by atoms with Crippen LogP contribution in [0.15, 0.2) is 35.5 Å². The number of aliphatic hydroxyl groups excluding tert-OH is 1.